The molecule has 4 rings (SSSR count). The van der Waals surface area contributed by atoms with Crippen LogP contribution in [0.4, 0.5) is 4.79 Å². The zero-order valence-corrected chi connectivity index (χ0v) is 20.2. The Morgan fingerprint density at radius 1 is 0.971 bits per heavy atom. The van der Waals surface area contributed by atoms with Crippen LogP contribution in [-0.2, 0) is 14.3 Å². The minimum absolute atomic E-state index is 0.0280. The molecule has 0 bridgehead atoms. The maximum Gasteiger partial charge on any atom is 0.407 e. The molecular weight excluding hydrogens is 444 g/mol. The van der Waals surface area contributed by atoms with Crippen molar-refractivity contribution in [2.75, 3.05) is 6.61 Å². The predicted molar refractivity (Wildman–Crippen MR) is 133 cm³/mol. The lowest BCUT2D eigenvalue weighted by molar-refractivity contribution is -0.143. The summed E-state index contributed by atoms with van der Waals surface area (Å²) in [6, 6.07) is 15.6. The summed E-state index contributed by atoms with van der Waals surface area (Å²) in [5, 5.41) is 15.3. The van der Waals surface area contributed by atoms with E-state index in [9.17, 15) is 19.5 Å². The molecule has 0 radical (unpaired) electrons. The number of fused-ring (bicyclic) bond motifs is 3. The second-order valence-electron chi connectivity index (χ2n) is 9.54. The fourth-order valence-corrected chi connectivity index (χ4v) is 5.37. The van der Waals surface area contributed by atoms with Crippen molar-refractivity contribution in [3.8, 4) is 11.1 Å². The highest BCUT2D eigenvalue weighted by atomic mass is 16.5. The van der Waals surface area contributed by atoms with Crippen LogP contribution < -0.4 is 10.6 Å². The van der Waals surface area contributed by atoms with Crippen LogP contribution in [-0.4, -0.2) is 41.8 Å². The van der Waals surface area contributed by atoms with Crippen molar-refractivity contribution < 1.29 is 24.2 Å². The lowest BCUT2D eigenvalue weighted by atomic mass is 9.94. The zero-order chi connectivity index (χ0) is 24.8. The average Bonchev–Trinajstić information content (AvgIpc) is 2.98. The normalized spacial score (nSPS) is 20.1. The van der Waals surface area contributed by atoms with E-state index in [-0.39, 0.29) is 36.9 Å². The van der Waals surface area contributed by atoms with Gasteiger partial charge in [-0.3, -0.25) is 9.59 Å². The predicted octanol–water partition coefficient (Wildman–Crippen LogP) is 4.84. The minimum Gasteiger partial charge on any atom is -0.481 e. The molecule has 35 heavy (non-hydrogen) atoms. The fraction of sp³-hybridized carbons (Fsp3) is 0.464. The van der Waals surface area contributed by atoms with Crippen molar-refractivity contribution in [1.29, 1.82) is 0 Å². The molecule has 0 aromatic heterocycles. The number of nitrogens with one attached hydrogen (secondary N) is 2. The molecule has 1 fully saturated rings. The van der Waals surface area contributed by atoms with Crippen LogP contribution in [0.3, 0.4) is 0 Å². The van der Waals surface area contributed by atoms with Gasteiger partial charge in [-0.15, -0.1) is 0 Å². The number of carboxylic acids is 1. The van der Waals surface area contributed by atoms with E-state index in [1.807, 2.05) is 31.2 Å². The molecule has 2 aromatic carbocycles. The standard InChI is InChI=1S/C28H34N2O5/c1-2-18(16-26(31)30-25-15-5-3-4-14-23(25)27(32)33)29-28(34)35-17-24-21-12-8-6-10-19(21)20-11-7-9-13-22(20)24/h6-13,18,23-25H,2-5,14-17H2,1H3,(H,29,34)(H,30,31)(H,32,33)/t18-,23+,25-/m1/s1. The number of rotatable bonds is 8. The van der Waals surface area contributed by atoms with Crippen LogP contribution in [0.1, 0.15) is 68.9 Å². The first-order valence-electron chi connectivity index (χ1n) is 12.6. The Morgan fingerprint density at radius 2 is 1.60 bits per heavy atom. The number of carbonyl (C=O) groups excluding carboxylic acids is 2. The van der Waals surface area contributed by atoms with Gasteiger partial charge in [0.05, 0.1) is 5.92 Å². The van der Waals surface area contributed by atoms with Crippen LogP contribution >= 0.6 is 0 Å². The summed E-state index contributed by atoms with van der Waals surface area (Å²) in [4.78, 5) is 36.9. The van der Waals surface area contributed by atoms with Crippen LogP contribution in [0.25, 0.3) is 11.1 Å². The van der Waals surface area contributed by atoms with E-state index in [4.69, 9.17) is 4.74 Å². The van der Waals surface area contributed by atoms with Gasteiger partial charge in [0.15, 0.2) is 0 Å². The first-order valence-corrected chi connectivity index (χ1v) is 12.6. The quantitative estimate of drug-likeness (QED) is 0.471. The summed E-state index contributed by atoms with van der Waals surface area (Å²) < 4.78 is 5.61. The van der Waals surface area contributed by atoms with Crippen molar-refractivity contribution >= 4 is 18.0 Å². The first kappa shape index (κ1) is 24.8. The summed E-state index contributed by atoms with van der Waals surface area (Å²) in [7, 11) is 0. The summed E-state index contributed by atoms with van der Waals surface area (Å²) in [5.41, 5.74) is 4.62. The second-order valence-corrected chi connectivity index (χ2v) is 9.54. The lowest BCUT2D eigenvalue weighted by Crippen LogP contribution is -2.45. The molecule has 0 spiro atoms. The van der Waals surface area contributed by atoms with Crippen LogP contribution in [0, 0.1) is 5.92 Å². The van der Waals surface area contributed by atoms with Gasteiger partial charge in [-0.2, -0.15) is 0 Å². The van der Waals surface area contributed by atoms with Crippen molar-refractivity contribution in [1.82, 2.24) is 10.6 Å². The fourth-order valence-electron chi connectivity index (χ4n) is 5.37. The maximum absolute atomic E-state index is 12.7. The number of benzene rings is 2. The summed E-state index contributed by atoms with van der Waals surface area (Å²) in [5.74, 6) is -1.69. The van der Waals surface area contributed by atoms with Gasteiger partial charge in [0.1, 0.15) is 6.61 Å². The third-order valence-corrected chi connectivity index (χ3v) is 7.27. The van der Waals surface area contributed by atoms with Crippen LogP contribution in [0.5, 0.6) is 0 Å². The van der Waals surface area contributed by atoms with Gasteiger partial charge < -0.3 is 20.5 Å². The molecular formula is C28H34N2O5. The summed E-state index contributed by atoms with van der Waals surface area (Å²) >= 11 is 0. The van der Waals surface area contributed by atoms with E-state index in [0.717, 1.165) is 30.4 Å². The van der Waals surface area contributed by atoms with E-state index in [0.29, 0.717) is 19.3 Å². The van der Waals surface area contributed by atoms with E-state index in [1.54, 1.807) is 0 Å². The monoisotopic (exact) mass is 478 g/mol. The smallest absolute Gasteiger partial charge is 0.407 e. The molecule has 186 valence electrons. The number of carbonyl (C=O) groups is 3. The topological polar surface area (TPSA) is 105 Å². The molecule has 0 saturated heterocycles. The van der Waals surface area contributed by atoms with Gasteiger partial charge in [-0.05, 0) is 41.5 Å². The van der Waals surface area contributed by atoms with Gasteiger partial charge in [0.2, 0.25) is 5.91 Å². The Morgan fingerprint density at radius 3 is 2.23 bits per heavy atom. The van der Waals surface area contributed by atoms with Crippen molar-refractivity contribution in [3.63, 3.8) is 0 Å². The minimum atomic E-state index is -0.860. The Hall–Kier alpha value is -3.35. The Bertz CT molecular complexity index is 1020. The van der Waals surface area contributed by atoms with Crippen molar-refractivity contribution in [2.24, 2.45) is 5.92 Å². The molecule has 3 atom stereocenters. The molecule has 0 heterocycles. The Balaban J connectivity index is 1.31. The van der Waals surface area contributed by atoms with E-state index >= 15 is 0 Å². The third kappa shape index (κ3) is 5.84. The van der Waals surface area contributed by atoms with Crippen LogP contribution in [0.15, 0.2) is 48.5 Å². The molecule has 3 N–H and O–H groups in total. The third-order valence-electron chi connectivity index (χ3n) is 7.27. The summed E-state index contributed by atoms with van der Waals surface area (Å²) in [6.45, 7) is 2.11. The number of amides is 2. The number of ether oxygens (including phenoxy) is 1. The van der Waals surface area contributed by atoms with E-state index in [2.05, 4.69) is 34.9 Å². The first-order chi connectivity index (χ1) is 17.0. The molecule has 2 amide bonds. The summed E-state index contributed by atoms with van der Waals surface area (Å²) in [6.07, 6.45) is 4.10. The average molecular weight is 479 g/mol. The number of carboxylic acid groups (broad SMARTS) is 1. The Kier molecular flexibility index (Phi) is 8.06. The molecule has 2 aliphatic carbocycles. The number of hydrogen-bond donors (Lipinski definition) is 3. The molecule has 2 aliphatic rings. The molecule has 1 saturated carbocycles. The Labute approximate surface area is 206 Å². The van der Waals surface area contributed by atoms with Crippen LogP contribution in [0.2, 0.25) is 0 Å². The molecule has 2 aromatic rings. The van der Waals surface area contributed by atoms with Gasteiger partial charge in [0, 0.05) is 24.4 Å². The van der Waals surface area contributed by atoms with E-state index in [1.165, 1.54) is 11.1 Å². The van der Waals surface area contributed by atoms with Crippen molar-refractivity contribution in [3.05, 3.63) is 59.7 Å². The molecule has 0 unspecified atom stereocenters. The van der Waals surface area contributed by atoms with Crippen molar-refractivity contribution in [2.45, 2.75) is 69.9 Å². The number of aliphatic carboxylic acids is 1. The maximum atomic E-state index is 12.7. The largest absolute Gasteiger partial charge is 0.481 e. The van der Waals surface area contributed by atoms with Gasteiger partial charge in [-0.1, -0.05) is 74.7 Å². The zero-order valence-electron chi connectivity index (χ0n) is 20.2. The molecule has 7 heteroatoms. The second kappa shape index (κ2) is 11.4. The highest BCUT2D eigenvalue weighted by Crippen LogP contribution is 2.44. The van der Waals surface area contributed by atoms with Gasteiger partial charge in [0.25, 0.3) is 0 Å². The van der Waals surface area contributed by atoms with Gasteiger partial charge in [-0.25, -0.2) is 4.79 Å². The number of alkyl carbamates (subject to hydrolysis) is 1. The molecule has 0 aliphatic heterocycles. The molecule has 7 nitrogen and oxygen atoms in total. The lowest BCUT2D eigenvalue weighted by Gasteiger charge is -2.24. The highest BCUT2D eigenvalue weighted by molar-refractivity contribution is 5.80. The highest BCUT2D eigenvalue weighted by Gasteiger charge is 2.32. The number of hydrogen-bond acceptors (Lipinski definition) is 4. The van der Waals surface area contributed by atoms with E-state index < -0.39 is 18.0 Å². The van der Waals surface area contributed by atoms with Gasteiger partial charge >= 0.3 is 12.1 Å². The SMILES string of the molecule is CC[C@H](CC(=O)N[C@@H]1CCCCC[C@@H]1C(=O)O)NC(=O)OCC1c2ccccc2-c2ccccc21.